The maximum Gasteiger partial charge on any atom is 0.269 e. The van der Waals surface area contributed by atoms with Gasteiger partial charge in [-0.1, -0.05) is 36.4 Å². The average molecular weight is 487 g/mol. The Labute approximate surface area is 200 Å². The van der Waals surface area contributed by atoms with Crippen LogP contribution in [0.25, 0.3) is 33.1 Å². The average Bonchev–Trinajstić information content (AvgIpc) is 3.14. The molecule has 176 valence electrons. The number of benzene rings is 3. The number of nitrogens with zero attached hydrogens (tertiary/aromatic N) is 3. The Kier molecular flexibility index (Phi) is 5.27. The van der Waals surface area contributed by atoms with E-state index in [2.05, 4.69) is 4.98 Å². The van der Waals surface area contributed by atoms with Gasteiger partial charge in [-0.3, -0.25) is 14.8 Å². The molecule has 0 aliphatic heterocycles. The third kappa shape index (κ3) is 3.98. The van der Waals surface area contributed by atoms with Gasteiger partial charge in [0.15, 0.2) is 0 Å². The van der Waals surface area contributed by atoms with Crippen molar-refractivity contribution in [2.45, 2.75) is 11.4 Å². The Hall–Kier alpha value is -4.28. The SMILES string of the molecule is Cn1c(Cn2c(=O)cnc3cc(-c4ccccc4S(N)(=O)=O)ccc32)cc2ccc(C(=N)N)cc21. The van der Waals surface area contributed by atoms with E-state index in [9.17, 15) is 13.2 Å². The van der Waals surface area contributed by atoms with Gasteiger partial charge < -0.3 is 10.3 Å². The summed E-state index contributed by atoms with van der Waals surface area (Å²) in [6, 6.07) is 19.3. The molecule has 2 aromatic heterocycles. The molecule has 9 nitrogen and oxygen atoms in total. The van der Waals surface area contributed by atoms with Gasteiger partial charge in [-0.05, 0) is 41.3 Å². The molecule has 5 rings (SSSR count). The van der Waals surface area contributed by atoms with Gasteiger partial charge in [0.1, 0.15) is 5.84 Å². The maximum absolute atomic E-state index is 12.8. The molecule has 0 aliphatic rings. The second kappa shape index (κ2) is 8.19. The number of nitrogens with two attached hydrogens (primary N) is 2. The van der Waals surface area contributed by atoms with Crippen molar-refractivity contribution in [1.82, 2.24) is 14.1 Å². The number of sulfonamides is 1. The predicted molar refractivity (Wildman–Crippen MR) is 136 cm³/mol. The van der Waals surface area contributed by atoms with Crippen LogP contribution in [-0.4, -0.2) is 28.4 Å². The molecule has 5 aromatic rings. The Balaban J connectivity index is 1.62. The van der Waals surface area contributed by atoms with Crippen LogP contribution in [-0.2, 0) is 23.6 Å². The molecular weight excluding hydrogens is 464 g/mol. The molecule has 0 spiro atoms. The van der Waals surface area contributed by atoms with Crippen molar-refractivity contribution < 1.29 is 8.42 Å². The third-order valence-corrected chi connectivity index (χ3v) is 7.10. The van der Waals surface area contributed by atoms with Gasteiger partial charge in [0, 0.05) is 29.4 Å². The zero-order valence-corrected chi connectivity index (χ0v) is 19.6. The zero-order chi connectivity index (χ0) is 24.9. The lowest BCUT2D eigenvalue weighted by molar-refractivity contribution is 0.598. The van der Waals surface area contributed by atoms with Crippen molar-refractivity contribution in [3.05, 3.63) is 94.5 Å². The molecule has 0 saturated heterocycles. The predicted octanol–water partition coefficient (Wildman–Crippen LogP) is 2.53. The van der Waals surface area contributed by atoms with E-state index in [0.717, 1.165) is 16.6 Å². The van der Waals surface area contributed by atoms with Crippen molar-refractivity contribution >= 4 is 37.8 Å². The molecule has 0 bridgehead atoms. The first kappa shape index (κ1) is 22.5. The van der Waals surface area contributed by atoms with E-state index in [-0.39, 0.29) is 16.3 Å². The van der Waals surface area contributed by atoms with Crippen molar-refractivity contribution in [2.24, 2.45) is 17.9 Å². The fourth-order valence-corrected chi connectivity index (χ4v) is 5.08. The minimum absolute atomic E-state index is 0.00851. The number of hydrogen-bond acceptors (Lipinski definition) is 5. The van der Waals surface area contributed by atoms with E-state index in [1.807, 2.05) is 29.8 Å². The van der Waals surface area contributed by atoms with Gasteiger partial charge in [-0.2, -0.15) is 0 Å². The highest BCUT2D eigenvalue weighted by Crippen LogP contribution is 2.29. The number of fused-ring (bicyclic) bond motifs is 2. The molecule has 2 heterocycles. The summed E-state index contributed by atoms with van der Waals surface area (Å²) in [5.41, 5.74) is 10.0. The molecule has 0 aliphatic carbocycles. The minimum atomic E-state index is -3.92. The second-order valence-electron chi connectivity index (χ2n) is 8.31. The molecule has 0 atom stereocenters. The lowest BCUT2D eigenvalue weighted by Crippen LogP contribution is -2.22. The van der Waals surface area contributed by atoms with Crippen LogP contribution >= 0.6 is 0 Å². The van der Waals surface area contributed by atoms with Crippen molar-refractivity contribution in [3.8, 4) is 11.1 Å². The van der Waals surface area contributed by atoms with Crippen LogP contribution in [0.4, 0.5) is 0 Å². The second-order valence-corrected chi connectivity index (χ2v) is 9.84. The summed E-state index contributed by atoms with van der Waals surface area (Å²) in [7, 11) is -2.01. The monoisotopic (exact) mass is 486 g/mol. The fraction of sp³-hybridized carbons (Fsp3) is 0.0800. The quantitative estimate of drug-likeness (QED) is 0.258. The Morgan fingerprint density at radius 2 is 1.80 bits per heavy atom. The number of amidine groups is 1. The van der Waals surface area contributed by atoms with Gasteiger partial charge in [0.2, 0.25) is 10.0 Å². The lowest BCUT2D eigenvalue weighted by atomic mass is 10.0. The molecule has 0 amide bonds. The van der Waals surface area contributed by atoms with E-state index in [4.69, 9.17) is 16.3 Å². The number of nitrogens with one attached hydrogen (secondary N) is 1. The number of hydrogen-bond donors (Lipinski definition) is 3. The first-order chi connectivity index (χ1) is 16.6. The molecule has 35 heavy (non-hydrogen) atoms. The summed E-state index contributed by atoms with van der Waals surface area (Å²) in [5.74, 6) is -0.00851. The zero-order valence-electron chi connectivity index (χ0n) is 18.8. The fourth-order valence-electron chi connectivity index (χ4n) is 4.32. The topological polar surface area (TPSA) is 150 Å². The number of primary sulfonamides is 1. The summed E-state index contributed by atoms with van der Waals surface area (Å²) in [4.78, 5) is 17.1. The van der Waals surface area contributed by atoms with Crippen molar-refractivity contribution in [3.63, 3.8) is 0 Å². The van der Waals surface area contributed by atoms with Crippen LogP contribution in [0.2, 0.25) is 0 Å². The maximum atomic E-state index is 12.8. The van der Waals surface area contributed by atoms with Gasteiger partial charge in [0.05, 0.1) is 28.7 Å². The van der Waals surface area contributed by atoms with Gasteiger partial charge in [0.25, 0.3) is 5.56 Å². The van der Waals surface area contributed by atoms with Crippen molar-refractivity contribution in [2.75, 3.05) is 0 Å². The smallest absolute Gasteiger partial charge is 0.269 e. The van der Waals surface area contributed by atoms with Crippen LogP contribution in [0.1, 0.15) is 11.3 Å². The summed E-state index contributed by atoms with van der Waals surface area (Å²) < 4.78 is 27.7. The van der Waals surface area contributed by atoms with E-state index in [0.29, 0.717) is 34.3 Å². The highest BCUT2D eigenvalue weighted by atomic mass is 32.2. The van der Waals surface area contributed by atoms with Crippen LogP contribution in [0, 0.1) is 5.41 Å². The van der Waals surface area contributed by atoms with Crippen LogP contribution in [0.3, 0.4) is 0 Å². The summed E-state index contributed by atoms with van der Waals surface area (Å²) >= 11 is 0. The minimum Gasteiger partial charge on any atom is -0.384 e. The molecule has 5 N–H and O–H groups in total. The van der Waals surface area contributed by atoms with Crippen LogP contribution < -0.4 is 16.4 Å². The van der Waals surface area contributed by atoms with Gasteiger partial charge in [-0.15, -0.1) is 0 Å². The molecule has 0 fully saturated rings. The largest absolute Gasteiger partial charge is 0.384 e. The molecule has 0 unspecified atom stereocenters. The summed E-state index contributed by atoms with van der Waals surface area (Å²) in [6.07, 6.45) is 1.26. The Morgan fingerprint density at radius 1 is 1.03 bits per heavy atom. The number of rotatable bonds is 5. The first-order valence-corrected chi connectivity index (χ1v) is 12.2. The summed E-state index contributed by atoms with van der Waals surface area (Å²) in [6.45, 7) is 0.297. The first-order valence-electron chi connectivity index (χ1n) is 10.7. The van der Waals surface area contributed by atoms with Gasteiger partial charge >= 0.3 is 0 Å². The van der Waals surface area contributed by atoms with Crippen LogP contribution in [0.5, 0.6) is 0 Å². The van der Waals surface area contributed by atoms with E-state index >= 15 is 0 Å². The van der Waals surface area contributed by atoms with Gasteiger partial charge in [-0.25, -0.2) is 18.5 Å². The molecule has 3 aromatic carbocycles. The Morgan fingerprint density at radius 3 is 2.54 bits per heavy atom. The highest BCUT2D eigenvalue weighted by Gasteiger charge is 2.16. The number of aryl methyl sites for hydroxylation is 1. The molecular formula is C25H22N6O3S. The van der Waals surface area contributed by atoms with Crippen LogP contribution in [0.15, 0.2) is 82.6 Å². The summed E-state index contributed by atoms with van der Waals surface area (Å²) in [5, 5.41) is 14.1. The van der Waals surface area contributed by atoms with E-state index in [1.165, 1.54) is 12.3 Å². The highest BCUT2D eigenvalue weighted by molar-refractivity contribution is 7.89. The van der Waals surface area contributed by atoms with E-state index < -0.39 is 10.0 Å². The normalized spacial score (nSPS) is 11.8. The Bertz CT molecular complexity index is 1820. The third-order valence-electron chi connectivity index (χ3n) is 6.13. The lowest BCUT2D eigenvalue weighted by Gasteiger charge is -2.13. The standard InChI is InChI=1S/C25H22N6O3S/c1-30-18(10-16-6-7-17(25(26)27)12-22(16)30)14-31-21-9-8-15(11-20(21)29-13-24(31)32)19-4-2-3-5-23(19)35(28,33)34/h2-13H,14H2,1H3,(H3,26,27)(H2,28,33,34). The molecule has 0 saturated carbocycles. The number of nitrogen functional groups attached to an aromatic ring is 1. The molecule has 10 heteroatoms. The molecule has 0 radical (unpaired) electrons. The van der Waals surface area contributed by atoms with Crippen molar-refractivity contribution in [1.29, 1.82) is 5.41 Å². The number of aromatic nitrogens is 3. The van der Waals surface area contributed by atoms with E-state index in [1.54, 1.807) is 47.0 Å².